The molecule has 80 heavy (non-hydrogen) atoms. The average Bonchev–Trinajstić information content (AvgIpc) is 3.45. The fourth-order valence-corrected chi connectivity index (χ4v) is 9.24. The molecular formula is C68H115O11P. The fraction of sp³-hybridized carbons (Fsp3) is 0.691. The largest absolute Gasteiger partial charge is 0.472 e. The summed E-state index contributed by atoms with van der Waals surface area (Å²) in [6, 6.07) is 0. The number of esters is 3. The van der Waals surface area contributed by atoms with Gasteiger partial charge in [0.2, 0.25) is 0 Å². The molecule has 0 rings (SSSR count). The van der Waals surface area contributed by atoms with Gasteiger partial charge in [-0.1, -0.05) is 265 Å². The molecule has 0 fully saturated rings. The second kappa shape index (κ2) is 61.2. The number of allylic oxidation sites excluding steroid dienone is 18. The predicted molar refractivity (Wildman–Crippen MR) is 334 cm³/mol. The number of aliphatic hydroxyl groups is 1. The molecule has 0 saturated heterocycles. The maximum atomic E-state index is 12.9. The van der Waals surface area contributed by atoms with Gasteiger partial charge in [0.15, 0.2) is 6.10 Å². The third-order valence-corrected chi connectivity index (χ3v) is 14.2. The van der Waals surface area contributed by atoms with Crippen molar-refractivity contribution in [1.82, 2.24) is 0 Å². The average molecular weight is 1140 g/mol. The number of phosphoric acid groups is 1. The van der Waals surface area contributed by atoms with Crippen LogP contribution in [-0.4, -0.2) is 66.5 Å². The standard InChI is InChI=1S/C68H115O11P/c1-4-7-10-13-16-19-22-25-28-30-32-34-37-39-42-45-48-51-54-57-66(70)75-61-65(79-68(72)59-56-53-50-47-44-41-38-35-33-31-29-26-23-20-17-14-11-8-5-2)63-77-80(73,74)76-62-64(60-69)78-67(71)58-55-52-49-46-43-40-36-27-24-21-18-15-12-9-6-3/h8-9,11-12,17-18,20-21,26-27,29,33,35-36,41,44,50,53,64-65,69H,4-7,10,13-16,19,22-25,28,30-32,34,37-40,42-43,45-49,51-52,54-63H2,1-3H3,(H,73,74)/b11-8-,12-9-,20-17-,21-18-,29-26-,35-33-,36-27-,44-41-,53-50-. The van der Waals surface area contributed by atoms with E-state index in [-0.39, 0.29) is 25.9 Å². The third-order valence-electron chi connectivity index (χ3n) is 13.2. The number of phosphoric ester groups is 1. The Morgan fingerprint density at radius 3 is 1.07 bits per heavy atom. The van der Waals surface area contributed by atoms with E-state index in [0.29, 0.717) is 25.7 Å². The maximum absolute atomic E-state index is 12.9. The van der Waals surface area contributed by atoms with Gasteiger partial charge in [-0.05, 0) is 89.9 Å². The van der Waals surface area contributed by atoms with E-state index in [1.165, 1.54) is 96.3 Å². The van der Waals surface area contributed by atoms with Crippen molar-refractivity contribution in [2.75, 3.05) is 26.4 Å². The van der Waals surface area contributed by atoms with Gasteiger partial charge in [0.1, 0.15) is 12.7 Å². The van der Waals surface area contributed by atoms with Crippen molar-refractivity contribution in [3.05, 3.63) is 109 Å². The highest BCUT2D eigenvalue weighted by atomic mass is 31.2. The number of aliphatic hydroxyl groups excluding tert-OH is 1. The first kappa shape index (κ1) is 76.1. The zero-order valence-electron chi connectivity index (χ0n) is 50.8. The molecule has 0 aliphatic carbocycles. The van der Waals surface area contributed by atoms with Crippen LogP contribution in [-0.2, 0) is 42.2 Å². The first-order chi connectivity index (χ1) is 39.2. The lowest BCUT2D eigenvalue weighted by atomic mass is 10.0. The maximum Gasteiger partial charge on any atom is 0.472 e. The minimum Gasteiger partial charge on any atom is -0.462 e. The molecule has 0 aromatic heterocycles. The van der Waals surface area contributed by atoms with Gasteiger partial charge in [-0.25, -0.2) is 4.57 Å². The molecule has 0 spiro atoms. The van der Waals surface area contributed by atoms with Crippen molar-refractivity contribution in [2.45, 2.75) is 277 Å². The molecule has 0 aromatic rings. The molecule has 11 nitrogen and oxygen atoms in total. The summed E-state index contributed by atoms with van der Waals surface area (Å²) < 4.78 is 39.6. The van der Waals surface area contributed by atoms with Crippen molar-refractivity contribution < 1.29 is 52.2 Å². The van der Waals surface area contributed by atoms with Gasteiger partial charge < -0.3 is 24.2 Å². The SMILES string of the molecule is CC/C=C\C/C=C\C/C=C\C/C=C\C/C=C\C/C=C\CCC(=O)OC(COC(=O)CCCCCCCCCCCCCCCCCCCCC)COP(=O)(O)OCC(CO)OC(=O)CCCCCCC/C=C\C/C=C\C/C=C\CC. The van der Waals surface area contributed by atoms with Gasteiger partial charge >= 0.3 is 25.7 Å². The van der Waals surface area contributed by atoms with E-state index in [1.807, 2.05) is 12.2 Å². The first-order valence-electron chi connectivity index (χ1n) is 31.8. The van der Waals surface area contributed by atoms with Crippen LogP contribution in [0.5, 0.6) is 0 Å². The van der Waals surface area contributed by atoms with Crippen LogP contribution in [0.25, 0.3) is 0 Å². The summed E-state index contributed by atoms with van der Waals surface area (Å²) in [5.41, 5.74) is 0. The highest BCUT2D eigenvalue weighted by Crippen LogP contribution is 2.43. The van der Waals surface area contributed by atoms with Gasteiger partial charge in [-0.2, -0.15) is 0 Å². The molecule has 3 unspecified atom stereocenters. The van der Waals surface area contributed by atoms with Crippen LogP contribution < -0.4 is 0 Å². The van der Waals surface area contributed by atoms with Crippen molar-refractivity contribution in [2.24, 2.45) is 0 Å². The molecule has 0 saturated carbocycles. The highest BCUT2D eigenvalue weighted by molar-refractivity contribution is 7.47. The molecular weight excluding hydrogens is 1020 g/mol. The Bertz CT molecular complexity index is 1760. The Labute approximate surface area is 488 Å². The van der Waals surface area contributed by atoms with Crippen LogP contribution >= 0.6 is 7.82 Å². The first-order valence-corrected chi connectivity index (χ1v) is 33.3. The van der Waals surface area contributed by atoms with E-state index in [4.69, 9.17) is 23.3 Å². The van der Waals surface area contributed by atoms with Crippen LogP contribution in [0.4, 0.5) is 0 Å². The molecule has 3 atom stereocenters. The van der Waals surface area contributed by atoms with Gasteiger partial charge in [0.05, 0.1) is 19.8 Å². The van der Waals surface area contributed by atoms with Crippen molar-refractivity contribution in [3.63, 3.8) is 0 Å². The molecule has 0 aromatic carbocycles. The lowest BCUT2D eigenvalue weighted by Crippen LogP contribution is -2.30. The van der Waals surface area contributed by atoms with Crippen molar-refractivity contribution in [1.29, 1.82) is 0 Å². The number of ether oxygens (including phenoxy) is 3. The van der Waals surface area contributed by atoms with Crippen LogP contribution in [0.2, 0.25) is 0 Å². The number of rotatable bonds is 58. The van der Waals surface area contributed by atoms with Gasteiger partial charge in [-0.15, -0.1) is 0 Å². The number of carbonyl (C=O) groups excluding carboxylic acids is 3. The summed E-state index contributed by atoms with van der Waals surface area (Å²) in [4.78, 5) is 48.7. The topological polar surface area (TPSA) is 155 Å². The molecule has 0 heterocycles. The zero-order chi connectivity index (χ0) is 58.3. The molecule has 12 heteroatoms. The van der Waals surface area contributed by atoms with Crippen molar-refractivity contribution >= 4 is 25.7 Å². The number of unbranched alkanes of at least 4 members (excludes halogenated alkanes) is 23. The van der Waals surface area contributed by atoms with Crippen LogP contribution in [0, 0.1) is 0 Å². The fourth-order valence-electron chi connectivity index (χ4n) is 8.46. The number of hydrogen-bond donors (Lipinski definition) is 2. The van der Waals surface area contributed by atoms with Gasteiger partial charge in [-0.3, -0.25) is 23.4 Å². The minimum absolute atomic E-state index is 0.0382. The highest BCUT2D eigenvalue weighted by Gasteiger charge is 2.28. The third kappa shape index (κ3) is 58.8. The summed E-state index contributed by atoms with van der Waals surface area (Å²) in [6.45, 7) is 4.34. The number of carbonyl (C=O) groups is 3. The Hall–Kier alpha value is -3.86. The Kier molecular flexibility index (Phi) is 58.3. The Morgan fingerprint density at radius 2 is 0.675 bits per heavy atom. The summed E-state index contributed by atoms with van der Waals surface area (Å²) in [7, 11) is -4.78. The van der Waals surface area contributed by atoms with Gasteiger partial charge in [0, 0.05) is 19.3 Å². The van der Waals surface area contributed by atoms with E-state index in [2.05, 4.69) is 118 Å². The Morgan fingerprint density at radius 1 is 0.362 bits per heavy atom. The summed E-state index contributed by atoms with van der Waals surface area (Å²) >= 11 is 0. The van der Waals surface area contributed by atoms with Gasteiger partial charge in [0.25, 0.3) is 0 Å². The quantitative estimate of drug-likeness (QED) is 0.0197. The van der Waals surface area contributed by atoms with Crippen molar-refractivity contribution in [3.8, 4) is 0 Å². The molecule has 2 N–H and O–H groups in total. The molecule has 0 radical (unpaired) electrons. The molecule has 458 valence electrons. The summed E-state index contributed by atoms with van der Waals surface area (Å²) in [5.74, 6) is -1.58. The number of hydrogen-bond acceptors (Lipinski definition) is 10. The van der Waals surface area contributed by atoms with E-state index >= 15 is 0 Å². The van der Waals surface area contributed by atoms with E-state index in [0.717, 1.165) is 103 Å². The molecule has 0 aliphatic heterocycles. The van der Waals surface area contributed by atoms with Crippen LogP contribution in [0.15, 0.2) is 109 Å². The zero-order valence-corrected chi connectivity index (χ0v) is 51.7. The predicted octanol–water partition coefficient (Wildman–Crippen LogP) is 19.4. The summed E-state index contributed by atoms with van der Waals surface area (Å²) in [6.07, 6.45) is 74.9. The smallest absolute Gasteiger partial charge is 0.462 e. The second-order valence-corrected chi connectivity index (χ2v) is 22.3. The van der Waals surface area contributed by atoms with Crippen LogP contribution in [0.1, 0.15) is 265 Å². The molecule has 0 aliphatic rings. The minimum atomic E-state index is -4.78. The van der Waals surface area contributed by atoms with E-state index < -0.39 is 57.8 Å². The normalized spacial score (nSPS) is 14.0. The lowest BCUT2D eigenvalue weighted by Gasteiger charge is -2.21. The lowest BCUT2D eigenvalue weighted by molar-refractivity contribution is -0.161. The second-order valence-electron chi connectivity index (χ2n) is 20.8. The van der Waals surface area contributed by atoms with E-state index in [9.17, 15) is 28.9 Å². The van der Waals surface area contributed by atoms with Crippen LogP contribution in [0.3, 0.4) is 0 Å². The van der Waals surface area contributed by atoms with E-state index in [1.54, 1.807) is 0 Å². The monoisotopic (exact) mass is 1140 g/mol. The molecule has 0 amide bonds. The summed E-state index contributed by atoms with van der Waals surface area (Å²) in [5, 5.41) is 9.84. The molecule has 0 bridgehead atoms. The Balaban J connectivity index is 4.81.